The number of benzene rings is 1. The molecule has 0 spiro atoms. The fourth-order valence-corrected chi connectivity index (χ4v) is 5.05. The van der Waals surface area contributed by atoms with Crippen LogP contribution in [0.5, 0.6) is 0 Å². The maximum Gasteiger partial charge on any atom is 0.228 e. The van der Waals surface area contributed by atoms with E-state index >= 15 is 0 Å². The monoisotopic (exact) mass is 532 g/mol. The van der Waals surface area contributed by atoms with E-state index in [1.165, 1.54) is 6.07 Å². The molecule has 0 radical (unpaired) electrons. The zero-order chi connectivity index (χ0) is 24.5. The van der Waals surface area contributed by atoms with E-state index in [1.54, 1.807) is 18.3 Å². The van der Waals surface area contributed by atoms with Crippen molar-refractivity contribution >= 4 is 40.8 Å². The molecule has 0 bridgehead atoms. The fraction of sp³-hybridized carbons (Fsp3) is 0.423. The second-order valence-corrected chi connectivity index (χ2v) is 9.77. The smallest absolute Gasteiger partial charge is 0.228 e. The van der Waals surface area contributed by atoms with Crippen LogP contribution in [0, 0.1) is 5.82 Å². The summed E-state index contributed by atoms with van der Waals surface area (Å²) < 4.78 is 19.5. The van der Waals surface area contributed by atoms with Crippen molar-refractivity contribution in [3.63, 3.8) is 0 Å². The van der Waals surface area contributed by atoms with Gasteiger partial charge in [-0.05, 0) is 44.2 Å². The Labute approximate surface area is 221 Å². The molecule has 0 N–H and O–H groups in total. The lowest BCUT2D eigenvalue weighted by atomic mass is 10.1. The van der Waals surface area contributed by atoms with Gasteiger partial charge in [0.05, 0.1) is 35.0 Å². The van der Waals surface area contributed by atoms with Gasteiger partial charge in [-0.3, -0.25) is 0 Å². The van der Waals surface area contributed by atoms with E-state index in [0.29, 0.717) is 36.4 Å². The predicted octanol–water partition coefficient (Wildman–Crippen LogP) is 5.56. The van der Waals surface area contributed by atoms with Crippen molar-refractivity contribution in [2.75, 3.05) is 54.1 Å². The Morgan fingerprint density at radius 2 is 1.81 bits per heavy atom. The Balaban J connectivity index is 0.00000304. The standard InChI is InChI=1S/C25H27Cl2FN6O.CH4/c1-16-14-32(24-19(26)4-3-7-29-24)8-9-33(16)23-13-22(18-5-6-21(28)20(27)12-18)30-25(31-23)34-10-11-35-15-17(34)2;/h3-7,12-13,16-17H,8-11,14-15H2,1-2H3;1H4/t16-,17-;/m0./s1. The number of pyridine rings is 1. The largest absolute Gasteiger partial charge is 0.377 e. The molecule has 2 aromatic heterocycles. The maximum absolute atomic E-state index is 13.8. The molecule has 2 aliphatic rings. The summed E-state index contributed by atoms with van der Waals surface area (Å²) in [7, 11) is 0. The molecular weight excluding hydrogens is 502 g/mol. The van der Waals surface area contributed by atoms with Crippen LogP contribution in [0.3, 0.4) is 0 Å². The van der Waals surface area contributed by atoms with Crippen LogP contribution < -0.4 is 14.7 Å². The molecule has 3 aromatic rings. The molecule has 0 amide bonds. The summed E-state index contributed by atoms with van der Waals surface area (Å²) in [5, 5.41) is 0.715. The van der Waals surface area contributed by atoms with Gasteiger partial charge >= 0.3 is 0 Å². The number of rotatable bonds is 4. The Morgan fingerprint density at radius 3 is 2.53 bits per heavy atom. The first-order chi connectivity index (χ1) is 16.9. The number of morpholine rings is 1. The second-order valence-electron chi connectivity index (χ2n) is 8.95. The number of halogens is 3. The van der Waals surface area contributed by atoms with Crippen molar-refractivity contribution < 1.29 is 9.13 Å². The van der Waals surface area contributed by atoms with Crippen molar-refractivity contribution in [2.24, 2.45) is 0 Å². The average molecular weight is 533 g/mol. The van der Waals surface area contributed by atoms with Gasteiger partial charge in [0.2, 0.25) is 5.95 Å². The van der Waals surface area contributed by atoms with Crippen LogP contribution in [0.4, 0.5) is 22.0 Å². The second kappa shape index (κ2) is 11.2. The highest BCUT2D eigenvalue weighted by atomic mass is 35.5. The van der Waals surface area contributed by atoms with E-state index in [1.807, 2.05) is 18.2 Å². The van der Waals surface area contributed by atoms with E-state index < -0.39 is 5.82 Å². The number of hydrogen-bond donors (Lipinski definition) is 0. The van der Waals surface area contributed by atoms with Gasteiger partial charge in [0.15, 0.2) is 0 Å². The van der Waals surface area contributed by atoms with Crippen molar-refractivity contribution in [1.82, 2.24) is 15.0 Å². The lowest BCUT2D eigenvalue weighted by molar-refractivity contribution is 0.0981. The zero-order valence-electron chi connectivity index (χ0n) is 19.7. The summed E-state index contributed by atoms with van der Waals surface area (Å²) in [4.78, 5) is 21.0. The third kappa shape index (κ3) is 5.36. The first-order valence-corrected chi connectivity index (χ1v) is 12.5. The molecule has 2 saturated heterocycles. The van der Waals surface area contributed by atoms with Crippen LogP contribution in [0.2, 0.25) is 10.0 Å². The molecule has 10 heteroatoms. The minimum atomic E-state index is -0.454. The van der Waals surface area contributed by atoms with Gasteiger partial charge in [-0.2, -0.15) is 4.98 Å². The summed E-state index contributed by atoms with van der Waals surface area (Å²) in [6.45, 7) is 8.45. The van der Waals surface area contributed by atoms with Gasteiger partial charge in [0.25, 0.3) is 0 Å². The summed E-state index contributed by atoms with van der Waals surface area (Å²) >= 11 is 12.5. The first-order valence-electron chi connectivity index (χ1n) is 11.7. The van der Waals surface area contributed by atoms with Crippen LogP contribution in [-0.4, -0.2) is 66.4 Å². The van der Waals surface area contributed by atoms with Gasteiger partial charge in [-0.25, -0.2) is 14.4 Å². The SMILES string of the molecule is C.C[C@H]1CN(c2ncccc2Cl)CCN1c1cc(-c2ccc(F)c(Cl)c2)nc(N2CCOC[C@@H]2C)n1. The maximum atomic E-state index is 13.8. The number of anilines is 3. The molecule has 36 heavy (non-hydrogen) atoms. The van der Waals surface area contributed by atoms with Gasteiger partial charge in [-0.1, -0.05) is 30.6 Å². The first kappa shape index (κ1) is 26.4. The summed E-state index contributed by atoms with van der Waals surface area (Å²) in [6, 6.07) is 10.6. The van der Waals surface area contributed by atoms with Crippen LogP contribution in [0.1, 0.15) is 21.3 Å². The van der Waals surface area contributed by atoms with E-state index in [9.17, 15) is 4.39 Å². The van der Waals surface area contributed by atoms with Crippen molar-refractivity contribution in [3.05, 3.63) is 58.5 Å². The predicted molar refractivity (Wildman–Crippen MR) is 145 cm³/mol. The summed E-state index contributed by atoms with van der Waals surface area (Å²) in [6.07, 6.45) is 1.76. The molecule has 2 fully saturated rings. The van der Waals surface area contributed by atoms with E-state index in [0.717, 1.165) is 36.8 Å². The Bertz CT molecular complexity index is 1210. The number of hydrogen-bond acceptors (Lipinski definition) is 7. The topological polar surface area (TPSA) is 57.6 Å². The summed E-state index contributed by atoms with van der Waals surface area (Å²) in [5.74, 6) is 1.80. The highest BCUT2D eigenvalue weighted by Gasteiger charge is 2.29. The van der Waals surface area contributed by atoms with Crippen LogP contribution >= 0.6 is 23.2 Å². The molecule has 0 saturated carbocycles. The van der Waals surface area contributed by atoms with E-state index in [-0.39, 0.29) is 24.5 Å². The molecule has 4 heterocycles. The number of ether oxygens (including phenoxy) is 1. The van der Waals surface area contributed by atoms with E-state index in [4.69, 9.17) is 37.9 Å². The molecule has 0 aliphatic carbocycles. The molecule has 0 unspecified atom stereocenters. The van der Waals surface area contributed by atoms with Crippen molar-refractivity contribution in [2.45, 2.75) is 33.4 Å². The Hall–Kier alpha value is -2.68. The van der Waals surface area contributed by atoms with Gasteiger partial charge < -0.3 is 19.4 Å². The van der Waals surface area contributed by atoms with Crippen LogP contribution in [-0.2, 0) is 4.74 Å². The highest BCUT2D eigenvalue weighted by Crippen LogP contribution is 2.32. The molecule has 1 aromatic carbocycles. The third-order valence-electron chi connectivity index (χ3n) is 6.50. The third-order valence-corrected chi connectivity index (χ3v) is 7.09. The Kier molecular flexibility index (Phi) is 8.17. The normalized spacial score (nSPS) is 20.3. The molecule has 2 atom stereocenters. The minimum Gasteiger partial charge on any atom is -0.377 e. The number of piperazine rings is 1. The quantitative estimate of drug-likeness (QED) is 0.435. The lowest BCUT2D eigenvalue weighted by Gasteiger charge is -2.42. The summed E-state index contributed by atoms with van der Waals surface area (Å²) in [5.41, 5.74) is 1.45. The average Bonchev–Trinajstić information content (AvgIpc) is 2.86. The van der Waals surface area contributed by atoms with Gasteiger partial charge in [0.1, 0.15) is 17.5 Å². The molecular formula is C26H31Cl2FN6O. The lowest BCUT2D eigenvalue weighted by Crippen LogP contribution is -2.53. The van der Waals surface area contributed by atoms with E-state index in [2.05, 4.69) is 33.5 Å². The highest BCUT2D eigenvalue weighted by molar-refractivity contribution is 6.33. The van der Waals surface area contributed by atoms with Crippen molar-refractivity contribution in [1.29, 1.82) is 0 Å². The molecule has 2 aliphatic heterocycles. The minimum absolute atomic E-state index is 0. The van der Waals surface area contributed by atoms with Gasteiger partial charge in [-0.15, -0.1) is 0 Å². The number of aromatic nitrogens is 3. The van der Waals surface area contributed by atoms with Gasteiger partial charge in [0, 0.05) is 50.0 Å². The molecule has 7 nitrogen and oxygen atoms in total. The van der Waals surface area contributed by atoms with Crippen LogP contribution in [0.25, 0.3) is 11.3 Å². The molecule has 5 rings (SSSR count). The number of nitrogens with zero attached hydrogens (tertiary/aromatic N) is 6. The zero-order valence-corrected chi connectivity index (χ0v) is 21.2. The Morgan fingerprint density at radius 1 is 0.972 bits per heavy atom. The molecule has 192 valence electrons. The van der Waals surface area contributed by atoms with Crippen LogP contribution in [0.15, 0.2) is 42.6 Å². The fourth-order valence-electron chi connectivity index (χ4n) is 4.63. The van der Waals surface area contributed by atoms with Crippen molar-refractivity contribution in [3.8, 4) is 11.3 Å².